The summed E-state index contributed by atoms with van der Waals surface area (Å²) < 4.78 is 13.9. The molecule has 9 heteroatoms. The molecule has 1 aliphatic heterocycles. The molecule has 1 fully saturated rings. The molecule has 0 aromatic heterocycles. The molecule has 1 saturated heterocycles. The van der Waals surface area contributed by atoms with Gasteiger partial charge in [-0.05, 0) is 44.5 Å². The fourth-order valence-corrected chi connectivity index (χ4v) is 3.63. The topological polar surface area (TPSA) is 81.8 Å². The highest BCUT2D eigenvalue weighted by atomic mass is 35.5. The van der Waals surface area contributed by atoms with Crippen LogP contribution in [-0.2, 0) is 22.6 Å². The number of urea groups is 1. The molecule has 0 aliphatic carbocycles. The fourth-order valence-electron chi connectivity index (χ4n) is 3.41. The van der Waals surface area contributed by atoms with E-state index >= 15 is 0 Å². The van der Waals surface area contributed by atoms with Crippen molar-refractivity contribution in [2.75, 3.05) is 13.6 Å². The second-order valence-corrected chi connectivity index (χ2v) is 8.20. The van der Waals surface area contributed by atoms with E-state index in [9.17, 15) is 18.8 Å². The molecule has 3 rings (SSSR count). The van der Waals surface area contributed by atoms with Gasteiger partial charge in [0, 0.05) is 17.1 Å². The van der Waals surface area contributed by atoms with Crippen molar-refractivity contribution < 1.29 is 18.8 Å². The second-order valence-electron chi connectivity index (χ2n) is 7.80. The summed E-state index contributed by atoms with van der Waals surface area (Å²) in [6, 6.07) is 13.3. The zero-order valence-electron chi connectivity index (χ0n) is 17.3. The van der Waals surface area contributed by atoms with E-state index in [1.807, 2.05) is 30.3 Å². The number of imide groups is 1. The van der Waals surface area contributed by atoms with Crippen LogP contribution in [0.2, 0.25) is 5.02 Å². The summed E-state index contributed by atoms with van der Waals surface area (Å²) >= 11 is 6.02. The van der Waals surface area contributed by atoms with Crippen LogP contribution in [0.4, 0.5) is 9.18 Å². The standard InChI is InChI=1S/C22H24ClFN4O3/c1-22(12-11-15-7-4-3-5-8-15)20(30)28(21(31)25-22)26-19(29)14-27(2)13-16-17(23)9-6-10-18(16)24/h3-10H,11-14H2,1-2H3,(H,25,31)(H,26,29). The van der Waals surface area contributed by atoms with Crippen LogP contribution >= 0.6 is 11.6 Å². The van der Waals surface area contributed by atoms with Crippen LogP contribution < -0.4 is 10.7 Å². The minimum absolute atomic E-state index is 0.0911. The maximum absolute atomic E-state index is 13.9. The van der Waals surface area contributed by atoms with E-state index in [2.05, 4.69) is 10.7 Å². The average Bonchev–Trinajstić information content (AvgIpc) is 2.93. The second kappa shape index (κ2) is 9.45. The van der Waals surface area contributed by atoms with Crippen molar-refractivity contribution in [3.8, 4) is 0 Å². The van der Waals surface area contributed by atoms with E-state index in [-0.39, 0.29) is 23.7 Å². The molecule has 1 atom stereocenters. The lowest BCUT2D eigenvalue weighted by molar-refractivity contribution is -0.139. The zero-order valence-corrected chi connectivity index (χ0v) is 18.1. The minimum Gasteiger partial charge on any atom is -0.322 e. The number of hydrogen-bond acceptors (Lipinski definition) is 4. The van der Waals surface area contributed by atoms with Crippen molar-refractivity contribution in [2.45, 2.75) is 31.8 Å². The van der Waals surface area contributed by atoms with Crippen molar-refractivity contribution in [1.29, 1.82) is 0 Å². The van der Waals surface area contributed by atoms with Gasteiger partial charge < -0.3 is 5.32 Å². The monoisotopic (exact) mass is 446 g/mol. The van der Waals surface area contributed by atoms with Gasteiger partial charge in [-0.2, -0.15) is 5.01 Å². The van der Waals surface area contributed by atoms with E-state index in [1.54, 1.807) is 20.0 Å². The predicted octanol–water partition coefficient (Wildman–Crippen LogP) is 2.89. The van der Waals surface area contributed by atoms with Gasteiger partial charge in [-0.15, -0.1) is 0 Å². The average molecular weight is 447 g/mol. The predicted molar refractivity (Wildman–Crippen MR) is 114 cm³/mol. The van der Waals surface area contributed by atoms with Crippen LogP contribution in [0, 0.1) is 5.82 Å². The van der Waals surface area contributed by atoms with Crippen molar-refractivity contribution in [1.82, 2.24) is 20.7 Å². The Morgan fingerprint density at radius 2 is 1.90 bits per heavy atom. The van der Waals surface area contributed by atoms with Gasteiger partial charge in [0.25, 0.3) is 11.8 Å². The van der Waals surface area contributed by atoms with Crippen molar-refractivity contribution in [2.24, 2.45) is 0 Å². The molecule has 164 valence electrons. The van der Waals surface area contributed by atoms with Gasteiger partial charge in [0.2, 0.25) is 0 Å². The summed E-state index contributed by atoms with van der Waals surface area (Å²) in [7, 11) is 1.61. The Balaban J connectivity index is 1.57. The molecule has 0 spiro atoms. The Morgan fingerprint density at radius 3 is 2.58 bits per heavy atom. The Labute approximate surface area is 185 Å². The normalized spacial score (nSPS) is 18.4. The summed E-state index contributed by atoms with van der Waals surface area (Å²) in [4.78, 5) is 39.1. The number of carbonyl (C=O) groups excluding carboxylic acids is 3. The number of benzene rings is 2. The van der Waals surface area contributed by atoms with E-state index in [0.29, 0.717) is 17.9 Å². The molecule has 2 aromatic rings. The van der Waals surface area contributed by atoms with Crippen molar-refractivity contribution >= 4 is 29.4 Å². The molecule has 31 heavy (non-hydrogen) atoms. The number of nitrogens with one attached hydrogen (secondary N) is 2. The number of amides is 4. The molecular formula is C22H24ClFN4O3. The Hall–Kier alpha value is -2.97. The first-order valence-corrected chi connectivity index (χ1v) is 10.2. The molecule has 0 bridgehead atoms. The summed E-state index contributed by atoms with van der Waals surface area (Å²) in [5, 5.41) is 3.62. The highest BCUT2D eigenvalue weighted by Gasteiger charge is 2.48. The molecule has 0 radical (unpaired) electrons. The Morgan fingerprint density at radius 1 is 1.19 bits per heavy atom. The molecule has 2 N–H and O–H groups in total. The van der Waals surface area contributed by atoms with Crippen LogP contribution in [-0.4, -0.2) is 46.9 Å². The number of nitrogens with zero attached hydrogens (tertiary/aromatic N) is 2. The van der Waals surface area contributed by atoms with Crippen LogP contribution in [0.3, 0.4) is 0 Å². The first-order chi connectivity index (χ1) is 14.7. The highest BCUT2D eigenvalue weighted by Crippen LogP contribution is 2.23. The first-order valence-electron chi connectivity index (χ1n) is 9.81. The summed E-state index contributed by atoms with van der Waals surface area (Å²) in [6.07, 6.45) is 0.983. The lowest BCUT2D eigenvalue weighted by Crippen LogP contribution is -2.51. The molecular weight excluding hydrogens is 423 g/mol. The summed E-state index contributed by atoms with van der Waals surface area (Å²) in [6.45, 7) is 1.56. The lowest BCUT2D eigenvalue weighted by Gasteiger charge is -2.22. The maximum atomic E-state index is 13.9. The molecule has 0 saturated carbocycles. The van der Waals surface area contributed by atoms with Gasteiger partial charge in [-0.3, -0.25) is 19.9 Å². The third-order valence-corrected chi connectivity index (χ3v) is 5.51. The first kappa shape index (κ1) is 22.7. The van der Waals surface area contributed by atoms with Gasteiger partial charge in [0.15, 0.2) is 0 Å². The molecule has 2 aromatic carbocycles. The molecule has 1 heterocycles. The van der Waals surface area contributed by atoms with E-state index < -0.39 is 29.2 Å². The third kappa shape index (κ3) is 5.39. The summed E-state index contributed by atoms with van der Waals surface area (Å²) in [5.74, 6) is -1.57. The van der Waals surface area contributed by atoms with E-state index in [4.69, 9.17) is 11.6 Å². The van der Waals surface area contributed by atoms with Gasteiger partial charge in [0.1, 0.15) is 11.4 Å². The number of hydrazine groups is 1. The van der Waals surface area contributed by atoms with Crippen LogP contribution in [0.25, 0.3) is 0 Å². The fraction of sp³-hybridized carbons (Fsp3) is 0.318. The maximum Gasteiger partial charge on any atom is 0.344 e. The quantitative estimate of drug-likeness (QED) is 0.611. The number of carbonyl (C=O) groups is 3. The van der Waals surface area contributed by atoms with Crippen LogP contribution in [0.15, 0.2) is 48.5 Å². The lowest BCUT2D eigenvalue weighted by atomic mass is 9.93. The highest BCUT2D eigenvalue weighted by molar-refractivity contribution is 6.31. The van der Waals surface area contributed by atoms with Gasteiger partial charge in [0.05, 0.1) is 6.54 Å². The van der Waals surface area contributed by atoms with Gasteiger partial charge in [-0.1, -0.05) is 48.0 Å². The molecule has 1 aliphatic rings. The number of likely N-dealkylation sites (N-methyl/N-ethyl adjacent to an activating group) is 1. The Bertz CT molecular complexity index is 968. The SMILES string of the molecule is CN(CC(=O)NN1C(=O)NC(C)(CCc2ccccc2)C1=O)Cc1c(F)cccc1Cl. The van der Waals surface area contributed by atoms with Crippen molar-refractivity contribution in [3.05, 3.63) is 70.5 Å². The van der Waals surface area contributed by atoms with E-state index in [0.717, 1.165) is 5.56 Å². The van der Waals surface area contributed by atoms with Gasteiger partial charge >= 0.3 is 6.03 Å². The number of rotatable bonds is 8. The summed E-state index contributed by atoms with van der Waals surface area (Å²) in [5.41, 5.74) is 2.53. The molecule has 7 nitrogen and oxygen atoms in total. The smallest absolute Gasteiger partial charge is 0.322 e. The number of aryl methyl sites for hydroxylation is 1. The van der Waals surface area contributed by atoms with Crippen molar-refractivity contribution in [3.63, 3.8) is 0 Å². The largest absolute Gasteiger partial charge is 0.344 e. The van der Waals surface area contributed by atoms with Crippen LogP contribution in [0.1, 0.15) is 24.5 Å². The van der Waals surface area contributed by atoms with Crippen LogP contribution in [0.5, 0.6) is 0 Å². The van der Waals surface area contributed by atoms with E-state index in [1.165, 1.54) is 17.0 Å². The third-order valence-electron chi connectivity index (χ3n) is 5.16. The van der Waals surface area contributed by atoms with Gasteiger partial charge in [-0.25, -0.2) is 9.18 Å². The number of hydrogen-bond donors (Lipinski definition) is 2. The molecule has 1 unspecified atom stereocenters. The number of halogens is 2. The molecule has 4 amide bonds. The minimum atomic E-state index is -1.12. The Kier molecular flexibility index (Phi) is 6.92. The zero-order chi connectivity index (χ0) is 22.6.